The second-order valence-corrected chi connectivity index (χ2v) is 5.71. The van der Waals surface area contributed by atoms with E-state index in [2.05, 4.69) is 5.32 Å². The van der Waals surface area contributed by atoms with Gasteiger partial charge in [-0.2, -0.15) is 0 Å². The number of aliphatic hydroxyl groups excluding tert-OH is 1. The van der Waals surface area contributed by atoms with Gasteiger partial charge in [-0.1, -0.05) is 19.8 Å². The van der Waals surface area contributed by atoms with Gasteiger partial charge >= 0.3 is 5.97 Å². The Morgan fingerprint density at radius 1 is 1.22 bits per heavy atom. The number of Topliss-reactive ketones (excluding diaryl/α,β-unsaturated/α-hetero) is 1. The summed E-state index contributed by atoms with van der Waals surface area (Å²) in [4.78, 5) is 35.1. The molecule has 0 unspecified atom stereocenters. The van der Waals surface area contributed by atoms with Crippen LogP contribution in [0.4, 0.5) is 0 Å². The van der Waals surface area contributed by atoms with Gasteiger partial charge in [0.2, 0.25) is 5.91 Å². The summed E-state index contributed by atoms with van der Waals surface area (Å²) in [6.07, 6.45) is 1.84. The topological polar surface area (TPSA) is 117 Å². The third-order valence-corrected chi connectivity index (χ3v) is 3.16. The van der Waals surface area contributed by atoms with Crippen molar-refractivity contribution >= 4 is 23.9 Å². The molecule has 0 bridgehead atoms. The largest absolute Gasteiger partial charge is 0.461 e. The number of ether oxygens (including phenoxy) is 1. The fraction of sp³-hybridized carbons (Fsp3) is 0.750. The van der Waals surface area contributed by atoms with Crippen molar-refractivity contribution in [2.45, 2.75) is 77.5 Å². The lowest BCUT2D eigenvalue weighted by Crippen LogP contribution is -2.46. The van der Waals surface area contributed by atoms with E-state index in [9.17, 15) is 19.5 Å². The van der Waals surface area contributed by atoms with Gasteiger partial charge in [0.05, 0.1) is 12.3 Å². The Balaban J connectivity index is 4.63. The van der Waals surface area contributed by atoms with Crippen LogP contribution >= 0.6 is 0 Å². The van der Waals surface area contributed by atoms with Gasteiger partial charge in [-0.05, 0) is 33.1 Å². The number of esters is 1. The molecule has 3 N–H and O–H groups in total. The first kappa shape index (κ1) is 21.2. The molecule has 0 aliphatic heterocycles. The minimum Gasteiger partial charge on any atom is -0.461 e. The summed E-state index contributed by atoms with van der Waals surface area (Å²) in [5, 5.41) is 19.1. The Kier molecular flexibility index (Phi) is 10.9. The smallest absolute Gasteiger partial charge is 0.328 e. The molecule has 2 atom stereocenters. The minimum absolute atomic E-state index is 0.128. The number of ketones is 1. The fourth-order valence-corrected chi connectivity index (χ4v) is 1.91. The Labute approximate surface area is 137 Å². The monoisotopic (exact) mass is 328 g/mol. The average Bonchev–Trinajstić information content (AvgIpc) is 2.50. The van der Waals surface area contributed by atoms with Crippen molar-refractivity contribution in [3.8, 4) is 0 Å². The van der Waals surface area contributed by atoms with Crippen LogP contribution in [0.25, 0.3) is 0 Å². The second kappa shape index (κ2) is 11.8. The number of hydrogen-bond acceptors (Lipinski definition) is 6. The molecule has 0 radical (unpaired) electrons. The van der Waals surface area contributed by atoms with Crippen LogP contribution in [0.15, 0.2) is 0 Å². The van der Waals surface area contributed by atoms with E-state index >= 15 is 0 Å². The van der Waals surface area contributed by atoms with E-state index in [4.69, 9.17) is 10.1 Å². The molecule has 23 heavy (non-hydrogen) atoms. The van der Waals surface area contributed by atoms with Crippen molar-refractivity contribution in [2.75, 3.05) is 0 Å². The maximum atomic E-state index is 12.0. The van der Waals surface area contributed by atoms with Crippen molar-refractivity contribution in [3.05, 3.63) is 0 Å². The van der Waals surface area contributed by atoms with Crippen LogP contribution < -0.4 is 5.32 Å². The molecule has 0 saturated heterocycles. The van der Waals surface area contributed by atoms with Crippen LogP contribution in [0.3, 0.4) is 0 Å². The standard InChI is InChI=1S/C16H28N2O5/c1-4-5-9-14(20)15(21)18-13(16(22)23-11(2)3)8-6-7-12(19)10-17/h10-11,13-14,17,20H,4-9H2,1-3H3,(H,18,21)/t13-,14-/m0/s1. The van der Waals surface area contributed by atoms with E-state index in [0.717, 1.165) is 12.6 Å². The van der Waals surface area contributed by atoms with E-state index in [0.29, 0.717) is 19.3 Å². The molecule has 0 aromatic carbocycles. The highest BCUT2D eigenvalue weighted by atomic mass is 16.5. The van der Waals surface area contributed by atoms with E-state index in [1.165, 1.54) is 0 Å². The van der Waals surface area contributed by atoms with Crippen molar-refractivity contribution in [1.29, 1.82) is 5.41 Å². The zero-order valence-corrected chi connectivity index (χ0v) is 14.1. The Bertz CT molecular complexity index is 409. The highest BCUT2D eigenvalue weighted by Gasteiger charge is 2.25. The molecule has 132 valence electrons. The van der Waals surface area contributed by atoms with Gasteiger partial charge < -0.3 is 20.6 Å². The van der Waals surface area contributed by atoms with E-state index < -0.39 is 24.0 Å². The Morgan fingerprint density at radius 2 is 1.87 bits per heavy atom. The molecule has 1 amide bonds. The molecule has 0 aromatic rings. The van der Waals surface area contributed by atoms with Crippen molar-refractivity contribution in [3.63, 3.8) is 0 Å². The van der Waals surface area contributed by atoms with Crippen LogP contribution in [-0.2, 0) is 19.1 Å². The molecule has 0 spiro atoms. The third kappa shape index (κ3) is 9.78. The van der Waals surface area contributed by atoms with Crippen LogP contribution in [0, 0.1) is 5.41 Å². The molecule has 0 rings (SSSR count). The zero-order chi connectivity index (χ0) is 17.8. The maximum absolute atomic E-state index is 12.0. The van der Waals surface area contributed by atoms with Crippen LogP contribution in [0.1, 0.15) is 59.3 Å². The van der Waals surface area contributed by atoms with Gasteiger partial charge in [0.1, 0.15) is 12.1 Å². The predicted octanol–water partition coefficient (Wildman–Crippen LogP) is 1.36. The lowest BCUT2D eigenvalue weighted by atomic mass is 10.1. The summed E-state index contributed by atoms with van der Waals surface area (Å²) in [5.41, 5.74) is 0. The van der Waals surface area contributed by atoms with Gasteiger partial charge in [0, 0.05) is 6.42 Å². The highest BCUT2D eigenvalue weighted by molar-refractivity contribution is 6.26. The van der Waals surface area contributed by atoms with E-state index in [1.807, 2.05) is 6.92 Å². The average molecular weight is 328 g/mol. The summed E-state index contributed by atoms with van der Waals surface area (Å²) >= 11 is 0. The third-order valence-electron chi connectivity index (χ3n) is 3.16. The van der Waals surface area contributed by atoms with Crippen molar-refractivity contribution in [1.82, 2.24) is 5.32 Å². The van der Waals surface area contributed by atoms with Gasteiger partial charge in [-0.3, -0.25) is 9.59 Å². The molecule has 7 heteroatoms. The quantitative estimate of drug-likeness (QED) is 0.369. The van der Waals surface area contributed by atoms with E-state index in [1.54, 1.807) is 13.8 Å². The summed E-state index contributed by atoms with van der Waals surface area (Å²) in [6.45, 7) is 5.35. The number of rotatable bonds is 12. The first-order valence-electron chi connectivity index (χ1n) is 8.04. The molecule has 0 aliphatic carbocycles. The molecule has 0 aliphatic rings. The number of amides is 1. The summed E-state index contributed by atoms with van der Waals surface area (Å²) in [7, 11) is 0. The SMILES string of the molecule is CCCC[C@H](O)C(=O)N[C@@H](CCCC(=O)C=N)C(=O)OC(C)C. The lowest BCUT2D eigenvalue weighted by Gasteiger charge is -2.20. The van der Waals surface area contributed by atoms with Crippen LogP contribution in [-0.4, -0.2) is 47.2 Å². The molecule has 0 saturated carbocycles. The predicted molar refractivity (Wildman–Crippen MR) is 86.3 cm³/mol. The first-order valence-corrected chi connectivity index (χ1v) is 8.04. The van der Waals surface area contributed by atoms with Gasteiger partial charge in [0.15, 0.2) is 5.78 Å². The second-order valence-electron chi connectivity index (χ2n) is 5.71. The Morgan fingerprint density at radius 3 is 2.39 bits per heavy atom. The van der Waals surface area contributed by atoms with Crippen molar-refractivity contribution in [2.24, 2.45) is 0 Å². The molecular weight excluding hydrogens is 300 g/mol. The molecule has 0 aromatic heterocycles. The minimum atomic E-state index is -1.16. The van der Waals surface area contributed by atoms with Gasteiger partial charge in [-0.25, -0.2) is 4.79 Å². The summed E-state index contributed by atoms with van der Waals surface area (Å²) in [6, 6.07) is -0.903. The summed E-state index contributed by atoms with van der Waals surface area (Å²) in [5.74, 6) is -1.53. The van der Waals surface area contributed by atoms with Crippen molar-refractivity contribution < 1.29 is 24.2 Å². The normalized spacial score (nSPS) is 13.3. The number of carbonyl (C=O) groups is 3. The number of nitrogens with one attached hydrogen (secondary N) is 2. The molecule has 0 heterocycles. The Hall–Kier alpha value is -1.76. The number of aliphatic hydroxyl groups is 1. The lowest BCUT2D eigenvalue weighted by molar-refractivity contribution is -0.152. The number of unbranched alkanes of at least 4 members (excludes halogenated alkanes) is 1. The van der Waals surface area contributed by atoms with Crippen LogP contribution in [0.2, 0.25) is 0 Å². The first-order chi connectivity index (χ1) is 10.8. The fourth-order valence-electron chi connectivity index (χ4n) is 1.91. The van der Waals surface area contributed by atoms with Gasteiger partial charge in [0.25, 0.3) is 0 Å². The van der Waals surface area contributed by atoms with E-state index in [-0.39, 0.29) is 24.7 Å². The van der Waals surface area contributed by atoms with Gasteiger partial charge in [-0.15, -0.1) is 0 Å². The number of carbonyl (C=O) groups excluding carboxylic acids is 3. The van der Waals surface area contributed by atoms with Crippen LogP contribution in [0.5, 0.6) is 0 Å². The summed E-state index contributed by atoms with van der Waals surface area (Å²) < 4.78 is 5.09. The molecule has 7 nitrogen and oxygen atoms in total. The maximum Gasteiger partial charge on any atom is 0.328 e. The highest BCUT2D eigenvalue weighted by Crippen LogP contribution is 2.07. The molecular formula is C16H28N2O5. The number of hydrogen-bond donors (Lipinski definition) is 3. The molecule has 0 fully saturated rings. The zero-order valence-electron chi connectivity index (χ0n) is 14.1.